The van der Waals surface area contributed by atoms with Crippen LogP contribution in [0.15, 0.2) is 40.9 Å². The van der Waals surface area contributed by atoms with Crippen LogP contribution in [0, 0.1) is 6.92 Å². The molecule has 2 heterocycles. The van der Waals surface area contributed by atoms with Crippen LogP contribution in [0.4, 0.5) is 5.69 Å². The van der Waals surface area contributed by atoms with E-state index in [1.54, 1.807) is 13.1 Å². The Bertz CT molecular complexity index is 659. The van der Waals surface area contributed by atoms with E-state index in [2.05, 4.69) is 25.7 Å². The maximum absolute atomic E-state index is 5.46. The molecule has 3 rings (SSSR count). The van der Waals surface area contributed by atoms with E-state index in [9.17, 15) is 0 Å². The van der Waals surface area contributed by atoms with E-state index in [1.165, 1.54) is 0 Å². The number of H-pyrrole nitrogens is 1. The zero-order chi connectivity index (χ0) is 13.1. The van der Waals surface area contributed by atoms with Gasteiger partial charge in [0.25, 0.3) is 0 Å². The zero-order valence-corrected chi connectivity index (χ0v) is 10.4. The number of nitrogens with zero attached hydrogens (tertiary/aromatic N) is 3. The zero-order valence-electron chi connectivity index (χ0n) is 10.4. The fourth-order valence-electron chi connectivity index (χ4n) is 1.80. The molecule has 0 saturated heterocycles. The van der Waals surface area contributed by atoms with Crippen LogP contribution >= 0.6 is 0 Å². The monoisotopic (exact) mass is 255 g/mol. The normalized spacial score (nSPS) is 10.6. The first kappa shape index (κ1) is 11.5. The number of benzene rings is 1. The summed E-state index contributed by atoms with van der Waals surface area (Å²) in [5.74, 6) is 1.07. The third kappa shape index (κ3) is 2.47. The molecule has 0 atom stereocenters. The lowest BCUT2D eigenvalue weighted by Crippen LogP contribution is -2.01. The fourth-order valence-corrected chi connectivity index (χ4v) is 1.80. The highest BCUT2D eigenvalue weighted by Crippen LogP contribution is 2.26. The van der Waals surface area contributed by atoms with Gasteiger partial charge >= 0.3 is 0 Å². The molecule has 0 bridgehead atoms. The summed E-state index contributed by atoms with van der Waals surface area (Å²) < 4.78 is 5.46. The Morgan fingerprint density at radius 2 is 2.11 bits per heavy atom. The summed E-state index contributed by atoms with van der Waals surface area (Å²) in [7, 11) is 0. The molecule has 6 heteroatoms. The van der Waals surface area contributed by atoms with E-state index in [0.717, 1.165) is 16.9 Å². The summed E-state index contributed by atoms with van der Waals surface area (Å²) in [4.78, 5) is 0. The summed E-state index contributed by atoms with van der Waals surface area (Å²) in [5.41, 5.74) is 2.85. The predicted octanol–water partition coefficient (Wildman–Crippen LogP) is 2.38. The molecule has 0 spiro atoms. The van der Waals surface area contributed by atoms with Gasteiger partial charge < -0.3 is 9.73 Å². The molecule has 1 aromatic carbocycles. The maximum atomic E-state index is 5.46. The minimum Gasteiger partial charge on any atom is -0.421 e. The molecule has 0 fully saturated rings. The van der Waals surface area contributed by atoms with E-state index in [1.807, 2.05) is 30.3 Å². The first-order valence-electron chi connectivity index (χ1n) is 5.94. The van der Waals surface area contributed by atoms with Crippen molar-refractivity contribution in [3.63, 3.8) is 0 Å². The molecule has 0 aliphatic heterocycles. The van der Waals surface area contributed by atoms with Crippen molar-refractivity contribution >= 4 is 5.69 Å². The Labute approximate surface area is 109 Å². The Kier molecular flexibility index (Phi) is 2.97. The van der Waals surface area contributed by atoms with Crippen molar-refractivity contribution in [1.29, 1.82) is 0 Å². The van der Waals surface area contributed by atoms with Crippen molar-refractivity contribution in [3.05, 3.63) is 48.1 Å². The molecule has 0 unspecified atom stereocenters. The molecule has 0 aliphatic carbocycles. The fraction of sp³-hybridized carbons (Fsp3) is 0.154. The molecule has 19 heavy (non-hydrogen) atoms. The summed E-state index contributed by atoms with van der Waals surface area (Å²) in [5, 5.41) is 18.0. The van der Waals surface area contributed by atoms with E-state index >= 15 is 0 Å². The van der Waals surface area contributed by atoms with Crippen LogP contribution in [0.1, 0.15) is 11.6 Å². The standard InChI is InChI=1S/C13H13N5O/c1-9-16-18-13(19-9)11-4-2-3-5-12(11)14-8-10-6-7-15-17-10/h2-7,14H,8H2,1H3,(H,15,17). The van der Waals surface area contributed by atoms with E-state index in [0.29, 0.717) is 18.3 Å². The largest absolute Gasteiger partial charge is 0.421 e. The maximum Gasteiger partial charge on any atom is 0.249 e. The van der Waals surface area contributed by atoms with Crippen LogP contribution in [0.5, 0.6) is 0 Å². The average Bonchev–Trinajstić information content (AvgIpc) is 3.08. The van der Waals surface area contributed by atoms with Crippen molar-refractivity contribution in [2.75, 3.05) is 5.32 Å². The van der Waals surface area contributed by atoms with Gasteiger partial charge in [-0.1, -0.05) is 12.1 Å². The Morgan fingerprint density at radius 3 is 2.84 bits per heavy atom. The lowest BCUT2D eigenvalue weighted by molar-refractivity contribution is 0.533. The summed E-state index contributed by atoms with van der Waals surface area (Å²) in [6.07, 6.45) is 1.73. The van der Waals surface area contributed by atoms with Gasteiger partial charge in [-0.2, -0.15) is 5.10 Å². The number of nitrogens with one attached hydrogen (secondary N) is 2. The van der Waals surface area contributed by atoms with Crippen molar-refractivity contribution in [2.24, 2.45) is 0 Å². The Balaban J connectivity index is 1.85. The first-order valence-corrected chi connectivity index (χ1v) is 5.94. The van der Waals surface area contributed by atoms with Gasteiger partial charge in [-0.25, -0.2) is 0 Å². The number of hydrogen-bond acceptors (Lipinski definition) is 5. The number of para-hydroxylation sites is 1. The number of aryl methyl sites for hydroxylation is 1. The quantitative estimate of drug-likeness (QED) is 0.748. The van der Waals surface area contributed by atoms with Crippen LogP contribution in [-0.2, 0) is 6.54 Å². The molecule has 0 aliphatic rings. The van der Waals surface area contributed by atoms with Crippen molar-refractivity contribution in [3.8, 4) is 11.5 Å². The molecule has 0 radical (unpaired) electrons. The van der Waals surface area contributed by atoms with Gasteiger partial charge in [-0.3, -0.25) is 5.10 Å². The number of hydrogen-bond donors (Lipinski definition) is 2. The lowest BCUT2D eigenvalue weighted by Gasteiger charge is -2.08. The molecule has 0 amide bonds. The smallest absolute Gasteiger partial charge is 0.249 e. The number of anilines is 1. The third-order valence-electron chi connectivity index (χ3n) is 2.71. The van der Waals surface area contributed by atoms with Crippen LogP contribution in [0.3, 0.4) is 0 Å². The Hall–Kier alpha value is -2.63. The molecule has 6 nitrogen and oxygen atoms in total. The van der Waals surface area contributed by atoms with Crippen LogP contribution in [0.25, 0.3) is 11.5 Å². The van der Waals surface area contributed by atoms with E-state index in [4.69, 9.17) is 4.42 Å². The number of aromatic amines is 1. The van der Waals surface area contributed by atoms with Gasteiger partial charge in [0, 0.05) is 18.8 Å². The third-order valence-corrected chi connectivity index (χ3v) is 2.71. The molecule has 0 saturated carbocycles. The minimum absolute atomic E-state index is 0.519. The van der Waals surface area contributed by atoms with Gasteiger partial charge in [-0.05, 0) is 18.2 Å². The van der Waals surface area contributed by atoms with Crippen molar-refractivity contribution in [1.82, 2.24) is 20.4 Å². The minimum atomic E-state index is 0.519. The average molecular weight is 255 g/mol. The van der Waals surface area contributed by atoms with Crippen molar-refractivity contribution in [2.45, 2.75) is 13.5 Å². The molecule has 3 aromatic rings. The lowest BCUT2D eigenvalue weighted by atomic mass is 10.1. The highest BCUT2D eigenvalue weighted by Gasteiger charge is 2.10. The van der Waals surface area contributed by atoms with Gasteiger partial charge in [0.1, 0.15) is 0 Å². The van der Waals surface area contributed by atoms with Gasteiger partial charge in [0.15, 0.2) is 0 Å². The van der Waals surface area contributed by atoms with Crippen LogP contribution in [-0.4, -0.2) is 20.4 Å². The molecular weight excluding hydrogens is 242 g/mol. The second kappa shape index (κ2) is 4.93. The van der Waals surface area contributed by atoms with E-state index < -0.39 is 0 Å². The van der Waals surface area contributed by atoms with Gasteiger partial charge in [0.2, 0.25) is 11.8 Å². The predicted molar refractivity (Wildman–Crippen MR) is 70.4 cm³/mol. The van der Waals surface area contributed by atoms with E-state index in [-0.39, 0.29) is 0 Å². The molecule has 96 valence electrons. The molecular formula is C13H13N5O. The second-order valence-electron chi connectivity index (χ2n) is 4.11. The topological polar surface area (TPSA) is 79.6 Å². The molecule has 2 aromatic heterocycles. The van der Waals surface area contributed by atoms with Gasteiger partial charge in [0.05, 0.1) is 17.8 Å². The summed E-state index contributed by atoms with van der Waals surface area (Å²) >= 11 is 0. The van der Waals surface area contributed by atoms with Crippen LogP contribution in [0.2, 0.25) is 0 Å². The van der Waals surface area contributed by atoms with Crippen molar-refractivity contribution < 1.29 is 4.42 Å². The number of rotatable bonds is 4. The highest BCUT2D eigenvalue weighted by molar-refractivity contribution is 5.72. The summed E-state index contributed by atoms with van der Waals surface area (Å²) in [6, 6.07) is 9.75. The van der Waals surface area contributed by atoms with Gasteiger partial charge in [-0.15, -0.1) is 10.2 Å². The number of aromatic nitrogens is 4. The molecule has 2 N–H and O–H groups in total. The Morgan fingerprint density at radius 1 is 1.21 bits per heavy atom. The highest BCUT2D eigenvalue weighted by atomic mass is 16.4. The SMILES string of the molecule is Cc1nnc(-c2ccccc2NCc2ccn[nH]2)o1. The summed E-state index contributed by atoms with van der Waals surface area (Å²) in [6.45, 7) is 2.43. The first-order chi connectivity index (χ1) is 9.33. The van der Waals surface area contributed by atoms with Crippen LogP contribution < -0.4 is 5.32 Å². The second-order valence-corrected chi connectivity index (χ2v) is 4.11.